The average Bonchev–Trinajstić information content (AvgIpc) is 3.36. The highest BCUT2D eigenvalue weighted by Crippen LogP contribution is 2.42. The summed E-state index contributed by atoms with van der Waals surface area (Å²) in [7, 11) is 0. The Labute approximate surface area is 159 Å². The van der Waals surface area contributed by atoms with Crippen molar-refractivity contribution in [2.75, 3.05) is 13.2 Å². The summed E-state index contributed by atoms with van der Waals surface area (Å²) in [6.45, 7) is 1.01. The molecule has 0 amide bonds. The van der Waals surface area contributed by atoms with Gasteiger partial charge in [-0.2, -0.15) is 0 Å². The van der Waals surface area contributed by atoms with Gasteiger partial charge >= 0.3 is 5.97 Å². The van der Waals surface area contributed by atoms with Gasteiger partial charge in [0.1, 0.15) is 6.10 Å². The molecule has 2 saturated carbocycles. The van der Waals surface area contributed by atoms with Gasteiger partial charge in [0.25, 0.3) is 0 Å². The van der Waals surface area contributed by atoms with Gasteiger partial charge in [0.15, 0.2) is 5.60 Å². The molecule has 0 unspecified atom stereocenters. The van der Waals surface area contributed by atoms with Crippen molar-refractivity contribution in [3.8, 4) is 0 Å². The van der Waals surface area contributed by atoms with Crippen LogP contribution in [-0.2, 0) is 15.1 Å². The van der Waals surface area contributed by atoms with E-state index in [9.17, 15) is 9.90 Å². The van der Waals surface area contributed by atoms with Gasteiger partial charge in [0.2, 0.25) is 0 Å². The minimum absolute atomic E-state index is 0.0366. The second-order valence-corrected chi connectivity index (χ2v) is 8.58. The molecule has 2 fully saturated rings. The molecule has 0 saturated heterocycles. The number of hydrogen-bond acceptors (Lipinski definition) is 6. The quantitative estimate of drug-likeness (QED) is 0.477. The van der Waals surface area contributed by atoms with Crippen LogP contribution in [0.5, 0.6) is 0 Å². The van der Waals surface area contributed by atoms with Crippen LogP contribution in [0.25, 0.3) is 0 Å². The summed E-state index contributed by atoms with van der Waals surface area (Å²) >= 11 is 1.43. The summed E-state index contributed by atoms with van der Waals surface area (Å²) in [5, 5.41) is 25.8. The molecule has 3 rings (SSSR count). The molecule has 1 heterocycles. The molecular formula is C20H31NO4S. The molecule has 2 aliphatic carbocycles. The molecule has 1 aromatic rings. The summed E-state index contributed by atoms with van der Waals surface area (Å²) in [5.74, 6) is -0.561. The maximum atomic E-state index is 13.0. The van der Waals surface area contributed by atoms with Crippen LogP contribution in [0.15, 0.2) is 17.5 Å². The second-order valence-electron chi connectivity index (χ2n) is 7.64. The Hall–Kier alpha value is -0.950. The Balaban J connectivity index is 1.66. The van der Waals surface area contributed by atoms with Gasteiger partial charge < -0.3 is 20.3 Å². The summed E-state index contributed by atoms with van der Waals surface area (Å²) in [4.78, 5) is 13.7. The Bertz CT molecular complexity index is 550. The zero-order valence-electron chi connectivity index (χ0n) is 15.4. The Morgan fingerprint density at radius 2 is 1.96 bits per heavy atom. The number of carbonyl (C=O) groups is 1. The predicted octanol–water partition coefficient (Wildman–Crippen LogP) is 2.95. The lowest BCUT2D eigenvalue weighted by Gasteiger charge is -2.38. The van der Waals surface area contributed by atoms with E-state index in [0.717, 1.165) is 64.3 Å². The maximum absolute atomic E-state index is 13.0. The molecule has 0 bridgehead atoms. The lowest BCUT2D eigenvalue weighted by Crippen LogP contribution is -2.47. The van der Waals surface area contributed by atoms with Gasteiger partial charge in [-0.05, 0) is 75.8 Å². The van der Waals surface area contributed by atoms with Crippen LogP contribution in [0.2, 0.25) is 0 Å². The molecule has 5 nitrogen and oxygen atoms in total. The fourth-order valence-electron chi connectivity index (χ4n) is 4.31. The van der Waals surface area contributed by atoms with E-state index in [1.807, 2.05) is 17.5 Å². The first-order chi connectivity index (χ1) is 12.6. The Morgan fingerprint density at radius 1 is 1.23 bits per heavy atom. The van der Waals surface area contributed by atoms with E-state index in [4.69, 9.17) is 9.84 Å². The van der Waals surface area contributed by atoms with Crippen LogP contribution in [-0.4, -0.2) is 41.5 Å². The van der Waals surface area contributed by atoms with Crippen molar-refractivity contribution in [1.82, 2.24) is 5.32 Å². The van der Waals surface area contributed by atoms with Crippen LogP contribution < -0.4 is 5.32 Å². The number of aliphatic hydroxyl groups excluding tert-OH is 1. The summed E-state index contributed by atoms with van der Waals surface area (Å²) in [6.07, 6.45) is 8.19. The van der Waals surface area contributed by atoms with Crippen molar-refractivity contribution >= 4 is 17.3 Å². The van der Waals surface area contributed by atoms with E-state index >= 15 is 0 Å². The molecule has 0 aromatic carbocycles. The number of hydrogen-bond donors (Lipinski definition) is 3. The van der Waals surface area contributed by atoms with Crippen LogP contribution in [0.1, 0.15) is 62.7 Å². The van der Waals surface area contributed by atoms with Crippen molar-refractivity contribution < 1.29 is 19.7 Å². The highest BCUT2D eigenvalue weighted by Gasteiger charge is 2.49. The fourth-order valence-corrected chi connectivity index (χ4v) is 5.20. The van der Waals surface area contributed by atoms with Gasteiger partial charge in [-0.1, -0.05) is 6.07 Å². The van der Waals surface area contributed by atoms with Gasteiger partial charge in [0, 0.05) is 23.4 Å². The van der Waals surface area contributed by atoms with Gasteiger partial charge in [-0.25, -0.2) is 4.79 Å². The largest absolute Gasteiger partial charge is 0.460 e. The third-order valence-corrected chi connectivity index (χ3v) is 6.86. The number of rotatable bonds is 8. The SMILES string of the molecule is O=C(OC1CCCC1)[C@](O)(c1cccs1)C1CCC(NCCCO)CC1. The van der Waals surface area contributed by atoms with Crippen LogP contribution >= 0.6 is 11.3 Å². The predicted molar refractivity (Wildman–Crippen MR) is 102 cm³/mol. The van der Waals surface area contributed by atoms with Gasteiger partial charge in [0.05, 0.1) is 0 Å². The van der Waals surface area contributed by atoms with Crippen LogP contribution in [0.3, 0.4) is 0 Å². The first-order valence-electron chi connectivity index (χ1n) is 9.96. The van der Waals surface area contributed by atoms with E-state index in [-0.39, 0.29) is 18.6 Å². The molecule has 0 radical (unpaired) electrons. The van der Waals surface area contributed by atoms with Crippen LogP contribution in [0, 0.1) is 5.92 Å². The third kappa shape index (κ3) is 4.47. The molecular weight excluding hydrogens is 350 g/mol. The highest BCUT2D eigenvalue weighted by atomic mass is 32.1. The lowest BCUT2D eigenvalue weighted by molar-refractivity contribution is -0.180. The Kier molecular flexibility index (Phi) is 7.09. The fraction of sp³-hybridized carbons (Fsp3) is 0.750. The van der Waals surface area contributed by atoms with E-state index in [2.05, 4.69) is 5.32 Å². The molecule has 6 heteroatoms. The summed E-state index contributed by atoms with van der Waals surface area (Å²) in [6, 6.07) is 4.14. The number of nitrogens with one attached hydrogen (secondary N) is 1. The topological polar surface area (TPSA) is 78.8 Å². The van der Waals surface area contributed by atoms with Crippen molar-refractivity contribution in [2.45, 2.75) is 75.5 Å². The zero-order chi connectivity index (χ0) is 18.4. The number of esters is 1. The molecule has 1 aromatic heterocycles. The number of ether oxygens (including phenoxy) is 1. The van der Waals surface area contributed by atoms with E-state index in [1.54, 1.807) is 0 Å². The minimum atomic E-state index is -1.52. The van der Waals surface area contributed by atoms with Gasteiger partial charge in [-0.15, -0.1) is 11.3 Å². The van der Waals surface area contributed by atoms with Crippen molar-refractivity contribution in [3.05, 3.63) is 22.4 Å². The minimum Gasteiger partial charge on any atom is -0.460 e. The smallest absolute Gasteiger partial charge is 0.344 e. The van der Waals surface area contributed by atoms with E-state index in [1.165, 1.54) is 11.3 Å². The van der Waals surface area contributed by atoms with Crippen molar-refractivity contribution in [2.24, 2.45) is 5.92 Å². The number of thiophene rings is 1. The summed E-state index contributed by atoms with van der Waals surface area (Å²) in [5.41, 5.74) is -1.52. The van der Waals surface area contributed by atoms with Crippen molar-refractivity contribution in [1.29, 1.82) is 0 Å². The van der Waals surface area contributed by atoms with Gasteiger partial charge in [-0.3, -0.25) is 0 Å². The molecule has 146 valence electrons. The molecule has 1 atom stereocenters. The maximum Gasteiger partial charge on any atom is 0.344 e. The molecule has 0 spiro atoms. The Morgan fingerprint density at radius 3 is 2.58 bits per heavy atom. The first-order valence-corrected chi connectivity index (χ1v) is 10.8. The second kappa shape index (κ2) is 9.31. The number of carbonyl (C=O) groups excluding carboxylic acids is 1. The molecule has 26 heavy (non-hydrogen) atoms. The standard InChI is InChI=1S/C20H31NO4S/c22-13-4-12-21-16-10-8-15(9-11-16)20(24,18-7-3-14-26-18)19(23)25-17-5-1-2-6-17/h3,7,14-17,21-22,24H,1-2,4-6,8-13H2/t15?,16?,20-/m1/s1. The normalized spacial score (nSPS) is 26.5. The molecule has 3 N–H and O–H groups in total. The molecule has 2 aliphatic rings. The zero-order valence-corrected chi connectivity index (χ0v) is 16.2. The third-order valence-electron chi connectivity index (χ3n) is 5.87. The highest BCUT2D eigenvalue weighted by molar-refractivity contribution is 7.10. The number of aliphatic hydroxyl groups is 2. The lowest BCUT2D eigenvalue weighted by atomic mass is 9.74. The average molecular weight is 382 g/mol. The van der Waals surface area contributed by atoms with Crippen LogP contribution in [0.4, 0.5) is 0 Å². The van der Waals surface area contributed by atoms with Crippen molar-refractivity contribution in [3.63, 3.8) is 0 Å². The van der Waals surface area contributed by atoms with E-state index < -0.39 is 11.6 Å². The molecule has 0 aliphatic heterocycles. The first kappa shape index (κ1) is 19.8. The monoisotopic (exact) mass is 381 g/mol. The summed E-state index contributed by atoms with van der Waals surface area (Å²) < 4.78 is 5.73. The van der Waals surface area contributed by atoms with E-state index in [0.29, 0.717) is 10.9 Å².